The summed E-state index contributed by atoms with van der Waals surface area (Å²) in [7, 11) is 0. The molecule has 0 atom stereocenters. The molecule has 1 aromatic carbocycles. The molecule has 1 N–H and O–H groups in total. The second-order valence-corrected chi connectivity index (χ2v) is 5.77. The number of amides is 1. The zero-order chi connectivity index (χ0) is 14.7. The van der Waals surface area contributed by atoms with E-state index in [0.29, 0.717) is 5.15 Å². The van der Waals surface area contributed by atoms with Crippen LogP contribution >= 0.6 is 23.4 Å². The lowest BCUT2D eigenvalue weighted by atomic mass is 10.2. The largest absolute Gasteiger partial charge is 0.326 e. The van der Waals surface area contributed by atoms with E-state index < -0.39 is 0 Å². The average Bonchev–Trinajstić information content (AvgIpc) is 2.41. The van der Waals surface area contributed by atoms with Crippen molar-refractivity contribution >= 4 is 35.0 Å². The number of aromatic nitrogens is 2. The van der Waals surface area contributed by atoms with Crippen LogP contribution in [0.4, 0.5) is 5.69 Å². The Morgan fingerprint density at radius 2 is 1.80 bits per heavy atom. The third kappa shape index (κ3) is 3.49. The second-order valence-electron chi connectivity index (χ2n) is 4.35. The molecular formula is C14H14ClN3OS. The summed E-state index contributed by atoms with van der Waals surface area (Å²) in [5, 5.41) is 12.0. The number of benzene rings is 1. The van der Waals surface area contributed by atoms with Crippen molar-refractivity contribution in [3.05, 3.63) is 40.5 Å². The number of hydrogen-bond donors (Lipinski definition) is 1. The summed E-state index contributed by atoms with van der Waals surface area (Å²) in [6.07, 6.45) is 0. The van der Waals surface area contributed by atoms with Crippen molar-refractivity contribution in [2.75, 3.05) is 5.32 Å². The normalized spacial score (nSPS) is 10.4. The van der Waals surface area contributed by atoms with Crippen LogP contribution in [-0.2, 0) is 4.79 Å². The van der Waals surface area contributed by atoms with Gasteiger partial charge in [0.1, 0.15) is 5.03 Å². The summed E-state index contributed by atoms with van der Waals surface area (Å²) in [5.74, 6) is -0.0829. The van der Waals surface area contributed by atoms with Gasteiger partial charge in [-0.05, 0) is 49.2 Å². The first-order chi connectivity index (χ1) is 9.47. The van der Waals surface area contributed by atoms with Crippen LogP contribution < -0.4 is 5.32 Å². The molecule has 6 heteroatoms. The Morgan fingerprint density at radius 1 is 1.15 bits per heavy atom. The molecule has 0 bridgehead atoms. The van der Waals surface area contributed by atoms with Gasteiger partial charge in [-0.25, -0.2) is 0 Å². The summed E-state index contributed by atoms with van der Waals surface area (Å²) < 4.78 is 0. The van der Waals surface area contributed by atoms with Gasteiger partial charge in [0.05, 0.1) is 0 Å². The van der Waals surface area contributed by atoms with Crippen LogP contribution in [-0.4, -0.2) is 16.1 Å². The maximum absolute atomic E-state index is 11.0. The molecule has 1 heterocycles. The lowest BCUT2D eigenvalue weighted by Crippen LogP contribution is -2.05. The number of carbonyl (C=O) groups is 1. The van der Waals surface area contributed by atoms with Crippen molar-refractivity contribution in [1.29, 1.82) is 0 Å². The summed E-state index contributed by atoms with van der Waals surface area (Å²) in [6, 6.07) is 7.58. The molecule has 2 rings (SSSR count). The average molecular weight is 308 g/mol. The maximum atomic E-state index is 11.0. The highest BCUT2D eigenvalue weighted by Crippen LogP contribution is 2.31. The summed E-state index contributed by atoms with van der Waals surface area (Å²) in [6.45, 7) is 5.39. The van der Waals surface area contributed by atoms with Crippen molar-refractivity contribution < 1.29 is 4.79 Å². The quantitative estimate of drug-likeness (QED) is 0.935. The van der Waals surface area contributed by atoms with E-state index in [-0.39, 0.29) is 5.91 Å². The Labute approximate surface area is 126 Å². The summed E-state index contributed by atoms with van der Waals surface area (Å²) in [5.41, 5.74) is 2.75. The zero-order valence-electron chi connectivity index (χ0n) is 11.4. The molecule has 104 valence electrons. The summed E-state index contributed by atoms with van der Waals surface area (Å²) >= 11 is 7.45. The monoisotopic (exact) mass is 307 g/mol. The molecule has 0 aliphatic heterocycles. The number of halogens is 1. The molecule has 0 fully saturated rings. The van der Waals surface area contributed by atoms with E-state index in [4.69, 9.17) is 11.6 Å². The molecule has 20 heavy (non-hydrogen) atoms. The van der Waals surface area contributed by atoms with E-state index in [0.717, 1.165) is 26.7 Å². The fraction of sp³-hybridized carbons (Fsp3) is 0.214. The van der Waals surface area contributed by atoms with Gasteiger partial charge in [-0.2, -0.15) is 0 Å². The molecule has 2 aromatic rings. The highest BCUT2D eigenvalue weighted by molar-refractivity contribution is 7.99. The molecular weight excluding hydrogens is 294 g/mol. The first-order valence-electron chi connectivity index (χ1n) is 6.02. The number of nitrogens with zero attached hydrogens (tertiary/aromatic N) is 2. The molecule has 0 radical (unpaired) electrons. The number of anilines is 1. The van der Waals surface area contributed by atoms with Crippen LogP contribution in [0, 0.1) is 13.8 Å². The number of rotatable bonds is 3. The predicted molar refractivity (Wildman–Crippen MR) is 81.4 cm³/mol. The fourth-order valence-electron chi connectivity index (χ4n) is 1.57. The third-order valence-corrected chi connectivity index (χ3v) is 4.26. The maximum Gasteiger partial charge on any atom is 0.221 e. The Balaban J connectivity index is 2.18. The molecule has 0 spiro atoms. The van der Waals surface area contributed by atoms with Gasteiger partial charge >= 0.3 is 0 Å². The van der Waals surface area contributed by atoms with E-state index in [9.17, 15) is 4.79 Å². The highest BCUT2D eigenvalue weighted by atomic mass is 35.5. The first kappa shape index (κ1) is 14.8. The Morgan fingerprint density at radius 3 is 2.40 bits per heavy atom. The van der Waals surface area contributed by atoms with Gasteiger partial charge in [-0.1, -0.05) is 23.4 Å². The standard InChI is InChI=1S/C14H14ClN3OS/c1-8-9(2)14(18-17-13(8)15)20-12-6-4-11(5-7-12)16-10(3)19/h4-7H,1-3H3,(H,16,19). The lowest BCUT2D eigenvalue weighted by Gasteiger charge is -2.08. The topological polar surface area (TPSA) is 54.9 Å². The van der Waals surface area contributed by atoms with E-state index in [1.54, 1.807) is 0 Å². The van der Waals surface area contributed by atoms with Gasteiger partial charge in [-0.15, -0.1) is 10.2 Å². The van der Waals surface area contributed by atoms with E-state index in [1.165, 1.54) is 18.7 Å². The van der Waals surface area contributed by atoms with E-state index in [2.05, 4.69) is 15.5 Å². The lowest BCUT2D eigenvalue weighted by molar-refractivity contribution is -0.114. The Bertz CT molecular complexity index is 644. The van der Waals surface area contributed by atoms with Gasteiger partial charge in [0.15, 0.2) is 5.15 Å². The predicted octanol–water partition coefficient (Wildman–Crippen LogP) is 3.86. The first-order valence-corrected chi connectivity index (χ1v) is 7.21. The van der Waals surface area contributed by atoms with Gasteiger partial charge in [0.25, 0.3) is 0 Å². The van der Waals surface area contributed by atoms with Crippen molar-refractivity contribution in [2.24, 2.45) is 0 Å². The van der Waals surface area contributed by atoms with Crippen LogP contribution in [0.2, 0.25) is 5.15 Å². The Hall–Kier alpha value is -1.59. The minimum absolute atomic E-state index is 0.0829. The minimum Gasteiger partial charge on any atom is -0.326 e. The van der Waals surface area contributed by atoms with Gasteiger partial charge < -0.3 is 5.32 Å². The van der Waals surface area contributed by atoms with Crippen molar-refractivity contribution in [2.45, 2.75) is 30.7 Å². The molecule has 0 unspecified atom stereocenters. The van der Waals surface area contributed by atoms with Gasteiger partial charge in [0.2, 0.25) is 5.91 Å². The van der Waals surface area contributed by atoms with E-state index in [1.807, 2.05) is 38.1 Å². The number of hydrogen-bond acceptors (Lipinski definition) is 4. The SMILES string of the molecule is CC(=O)Nc1ccc(Sc2nnc(Cl)c(C)c2C)cc1. The van der Waals surface area contributed by atoms with Crippen molar-refractivity contribution in [3.63, 3.8) is 0 Å². The zero-order valence-corrected chi connectivity index (χ0v) is 13.0. The van der Waals surface area contributed by atoms with Crippen LogP contribution in [0.1, 0.15) is 18.1 Å². The summed E-state index contributed by atoms with van der Waals surface area (Å²) in [4.78, 5) is 12.0. The number of carbonyl (C=O) groups excluding carboxylic acids is 1. The van der Waals surface area contributed by atoms with E-state index >= 15 is 0 Å². The van der Waals surface area contributed by atoms with Crippen molar-refractivity contribution in [1.82, 2.24) is 10.2 Å². The van der Waals surface area contributed by atoms with Crippen LogP contribution in [0.15, 0.2) is 34.2 Å². The third-order valence-electron chi connectivity index (χ3n) is 2.81. The minimum atomic E-state index is -0.0829. The smallest absolute Gasteiger partial charge is 0.221 e. The van der Waals surface area contributed by atoms with Gasteiger partial charge in [-0.3, -0.25) is 4.79 Å². The van der Waals surface area contributed by atoms with Gasteiger partial charge in [0, 0.05) is 17.5 Å². The highest BCUT2D eigenvalue weighted by Gasteiger charge is 2.09. The molecule has 1 aromatic heterocycles. The molecule has 0 saturated carbocycles. The van der Waals surface area contributed by atoms with Crippen LogP contribution in [0.5, 0.6) is 0 Å². The molecule has 4 nitrogen and oxygen atoms in total. The Kier molecular flexibility index (Phi) is 4.62. The molecule has 0 saturated heterocycles. The molecule has 0 aliphatic rings. The number of nitrogens with one attached hydrogen (secondary N) is 1. The molecule has 1 amide bonds. The molecule has 0 aliphatic carbocycles. The van der Waals surface area contributed by atoms with Crippen LogP contribution in [0.3, 0.4) is 0 Å². The fourth-order valence-corrected chi connectivity index (χ4v) is 2.64. The van der Waals surface area contributed by atoms with Crippen LogP contribution in [0.25, 0.3) is 0 Å². The van der Waals surface area contributed by atoms with Crippen molar-refractivity contribution in [3.8, 4) is 0 Å². The second kappa shape index (κ2) is 6.24.